The van der Waals surface area contributed by atoms with E-state index in [2.05, 4.69) is 0 Å². The predicted molar refractivity (Wildman–Crippen MR) is 99.1 cm³/mol. The van der Waals surface area contributed by atoms with Crippen LogP contribution in [-0.2, 0) is 20.9 Å². The van der Waals surface area contributed by atoms with E-state index in [0.717, 1.165) is 36.3 Å². The van der Waals surface area contributed by atoms with Crippen LogP contribution in [0.25, 0.3) is 0 Å². The molecule has 0 spiro atoms. The lowest BCUT2D eigenvalue weighted by molar-refractivity contribution is -0.165. The molecule has 0 radical (unpaired) electrons. The van der Waals surface area contributed by atoms with Crippen LogP contribution in [0.4, 0.5) is 0 Å². The molecule has 1 heterocycles. The Morgan fingerprint density at radius 1 is 1.23 bits per heavy atom. The lowest BCUT2D eigenvalue weighted by Gasteiger charge is -2.56. The standard InChI is InChI=1S/C20H27NO4S/c1-12-11-26-19(24)21(12)4-3-17(22)25-13(2)18(23)20-8-14-5-15(9-20)7-16(6-14)10-20/h11,13-16H,3-10H2,1-2H3. The number of rotatable bonds is 6. The Morgan fingerprint density at radius 3 is 2.31 bits per heavy atom. The van der Waals surface area contributed by atoms with Gasteiger partial charge in [0.05, 0.1) is 6.42 Å². The number of carbonyl (C=O) groups excluding carboxylic acids is 2. The number of ether oxygens (including phenoxy) is 1. The largest absolute Gasteiger partial charge is 0.455 e. The van der Waals surface area contributed by atoms with Crippen molar-refractivity contribution in [2.75, 3.05) is 0 Å². The zero-order valence-electron chi connectivity index (χ0n) is 15.5. The van der Waals surface area contributed by atoms with Crippen LogP contribution in [0, 0.1) is 30.1 Å². The summed E-state index contributed by atoms with van der Waals surface area (Å²) < 4.78 is 7.06. The summed E-state index contributed by atoms with van der Waals surface area (Å²) in [5, 5.41) is 1.78. The van der Waals surface area contributed by atoms with Crippen LogP contribution in [0.1, 0.15) is 57.6 Å². The van der Waals surface area contributed by atoms with Gasteiger partial charge in [-0.25, -0.2) is 0 Å². The molecule has 0 aliphatic heterocycles. The fourth-order valence-electron chi connectivity index (χ4n) is 6.03. The third kappa shape index (κ3) is 3.17. The Labute approximate surface area is 157 Å². The molecule has 6 heteroatoms. The Bertz CT molecular complexity index is 742. The number of Topliss-reactive ketones (excluding diaryl/α,β-unsaturated/α-hetero) is 1. The van der Waals surface area contributed by atoms with Crippen molar-refractivity contribution in [1.82, 2.24) is 4.57 Å². The minimum Gasteiger partial charge on any atom is -0.455 e. The third-order valence-corrected chi connectivity index (χ3v) is 7.64. The second-order valence-electron chi connectivity index (χ2n) is 8.74. The first-order valence-corrected chi connectivity index (χ1v) is 10.6. The molecule has 0 aromatic carbocycles. The van der Waals surface area contributed by atoms with Gasteiger partial charge >= 0.3 is 10.8 Å². The molecule has 0 amide bonds. The Kier molecular flexibility index (Phi) is 4.58. The summed E-state index contributed by atoms with van der Waals surface area (Å²) in [6.45, 7) is 3.88. The average Bonchev–Trinajstić information content (AvgIpc) is 2.89. The molecular weight excluding hydrogens is 350 g/mol. The fraction of sp³-hybridized carbons (Fsp3) is 0.750. The van der Waals surface area contributed by atoms with E-state index in [0.29, 0.717) is 24.3 Å². The molecule has 1 aromatic rings. The van der Waals surface area contributed by atoms with E-state index < -0.39 is 12.1 Å². The van der Waals surface area contributed by atoms with Gasteiger partial charge in [-0.1, -0.05) is 11.3 Å². The minimum atomic E-state index is -0.681. The Balaban J connectivity index is 1.35. The number of thiazole rings is 1. The smallest absolute Gasteiger partial charge is 0.308 e. The summed E-state index contributed by atoms with van der Waals surface area (Å²) >= 11 is 1.13. The Hall–Kier alpha value is -1.43. The van der Waals surface area contributed by atoms with Gasteiger partial charge in [-0.15, -0.1) is 0 Å². The normalized spacial score (nSPS) is 33.2. The first-order chi connectivity index (χ1) is 12.4. The molecule has 1 aromatic heterocycles. The van der Waals surface area contributed by atoms with E-state index in [-0.39, 0.29) is 22.5 Å². The summed E-state index contributed by atoms with van der Waals surface area (Å²) in [5.41, 5.74) is 0.612. The second kappa shape index (κ2) is 6.63. The monoisotopic (exact) mass is 377 g/mol. The summed E-state index contributed by atoms with van der Waals surface area (Å²) in [5.74, 6) is 1.83. The first-order valence-electron chi connectivity index (χ1n) is 9.75. The quantitative estimate of drug-likeness (QED) is 0.713. The molecular formula is C20H27NO4S. The van der Waals surface area contributed by atoms with Crippen LogP contribution in [-0.4, -0.2) is 22.4 Å². The predicted octanol–water partition coefficient (Wildman–Crippen LogP) is 3.33. The molecule has 4 saturated carbocycles. The number of carbonyl (C=O) groups is 2. The maximum Gasteiger partial charge on any atom is 0.308 e. The summed E-state index contributed by atoms with van der Waals surface area (Å²) in [6, 6.07) is 0. The van der Waals surface area contributed by atoms with E-state index >= 15 is 0 Å². The third-order valence-electron chi connectivity index (χ3n) is 6.75. The van der Waals surface area contributed by atoms with Crippen LogP contribution in [0.15, 0.2) is 10.2 Å². The SMILES string of the molecule is Cc1csc(=O)n1CCC(=O)OC(C)C(=O)C12CC3CC(CC(C3)C1)C2. The first kappa shape index (κ1) is 18.0. The van der Waals surface area contributed by atoms with Crippen LogP contribution < -0.4 is 4.87 Å². The molecule has 4 aliphatic rings. The molecule has 0 saturated heterocycles. The van der Waals surface area contributed by atoms with E-state index in [1.807, 2.05) is 6.92 Å². The van der Waals surface area contributed by atoms with Gasteiger partial charge in [0.15, 0.2) is 11.9 Å². The molecule has 4 bridgehead atoms. The van der Waals surface area contributed by atoms with Crippen molar-refractivity contribution in [3.63, 3.8) is 0 Å². The van der Waals surface area contributed by atoms with Gasteiger partial charge < -0.3 is 9.30 Å². The minimum absolute atomic E-state index is 0.0620. The summed E-state index contributed by atoms with van der Waals surface area (Å²) in [6.07, 6.45) is 6.27. The fourth-order valence-corrected chi connectivity index (χ4v) is 6.79. The van der Waals surface area contributed by atoms with Gasteiger partial charge in [0.25, 0.3) is 0 Å². The van der Waals surface area contributed by atoms with Crippen molar-refractivity contribution < 1.29 is 14.3 Å². The number of aryl methyl sites for hydroxylation is 1. The van der Waals surface area contributed by atoms with Crippen molar-refractivity contribution in [1.29, 1.82) is 0 Å². The van der Waals surface area contributed by atoms with E-state index in [4.69, 9.17) is 4.74 Å². The highest BCUT2D eigenvalue weighted by atomic mass is 32.1. The van der Waals surface area contributed by atoms with Crippen molar-refractivity contribution in [2.45, 2.75) is 71.4 Å². The Morgan fingerprint density at radius 2 is 1.81 bits per heavy atom. The van der Waals surface area contributed by atoms with Crippen LogP contribution in [0.3, 0.4) is 0 Å². The maximum absolute atomic E-state index is 13.1. The number of hydrogen-bond acceptors (Lipinski definition) is 5. The molecule has 5 rings (SSSR count). The molecule has 1 unspecified atom stereocenters. The molecule has 142 valence electrons. The van der Waals surface area contributed by atoms with Crippen molar-refractivity contribution in [3.05, 3.63) is 20.7 Å². The number of aromatic nitrogens is 1. The number of hydrogen-bond donors (Lipinski definition) is 0. The van der Waals surface area contributed by atoms with Gasteiger partial charge in [-0.2, -0.15) is 0 Å². The van der Waals surface area contributed by atoms with E-state index in [1.54, 1.807) is 16.9 Å². The molecule has 4 fully saturated rings. The lowest BCUT2D eigenvalue weighted by atomic mass is 9.48. The van der Waals surface area contributed by atoms with Crippen LogP contribution >= 0.6 is 11.3 Å². The van der Waals surface area contributed by atoms with Crippen LogP contribution in [0.2, 0.25) is 0 Å². The number of ketones is 1. The zero-order chi connectivity index (χ0) is 18.5. The number of nitrogens with zero attached hydrogens (tertiary/aromatic N) is 1. The molecule has 0 N–H and O–H groups in total. The lowest BCUT2D eigenvalue weighted by Crippen LogP contribution is -2.52. The molecule has 1 atom stereocenters. The molecule has 26 heavy (non-hydrogen) atoms. The topological polar surface area (TPSA) is 65.4 Å². The van der Waals surface area contributed by atoms with Gasteiger partial charge in [-0.3, -0.25) is 14.4 Å². The maximum atomic E-state index is 13.1. The highest BCUT2D eigenvalue weighted by Gasteiger charge is 2.55. The second-order valence-corrected chi connectivity index (χ2v) is 9.56. The van der Waals surface area contributed by atoms with E-state index in [1.165, 1.54) is 19.3 Å². The van der Waals surface area contributed by atoms with Gasteiger partial charge in [0.2, 0.25) is 0 Å². The van der Waals surface area contributed by atoms with E-state index in [9.17, 15) is 14.4 Å². The summed E-state index contributed by atoms with van der Waals surface area (Å²) in [4.78, 5) is 37.0. The summed E-state index contributed by atoms with van der Waals surface area (Å²) in [7, 11) is 0. The molecule has 5 nitrogen and oxygen atoms in total. The van der Waals surface area contributed by atoms with Crippen LogP contribution in [0.5, 0.6) is 0 Å². The highest BCUT2D eigenvalue weighted by Crippen LogP contribution is 2.60. The van der Waals surface area contributed by atoms with Crippen molar-refractivity contribution in [3.8, 4) is 0 Å². The van der Waals surface area contributed by atoms with Gasteiger partial charge in [0.1, 0.15) is 0 Å². The van der Waals surface area contributed by atoms with Gasteiger partial charge in [-0.05, 0) is 70.1 Å². The van der Waals surface area contributed by atoms with Crippen molar-refractivity contribution >= 4 is 23.1 Å². The zero-order valence-corrected chi connectivity index (χ0v) is 16.3. The average molecular weight is 378 g/mol. The number of esters is 1. The van der Waals surface area contributed by atoms with Gasteiger partial charge in [0, 0.05) is 23.0 Å². The van der Waals surface area contributed by atoms with Crippen molar-refractivity contribution in [2.24, 2.45) is 23.2 Å². The highest BCUT2D eigenvalue weighted by molar-refractivity contribution is 7.07. The molecule has 4 aliphatic carbocycles.